The van der Waals surface area contributed by atoms with Gasteiger partial charge >= 0.3 is 0 Å². The fourth-order valence-electron chi connectivity index (χ4n) is 4.29. The summed E-state index contributed by atoms with van der Waals surface area (Å²) in [7, 11) is 1.64. The summed E-state index contributed by atoms with van der Waals surface area (Å²) in [6.07, 6.45) is 10.6. The number of thioether (sulfide) groups is 1. The van der Waals surface area contributed by atoms with Crippen LogP contribution in [0.4, 0.5) is 0 Å². The number of rotatable bonds is 12. The van der Waals surface area contributed by atoms with Gasteiger partial charge in [0.2, 0.25) is 5.91 Å². The van der Waals surface area contributed by atoms with E-state index in [1.165, 1.54) is 5.57 Å². The Morgan fingerprint density at radius 1 is 1.11 bits per heavy atom. The number of nitrogens with zero attached hydrogens (tertiary/aromatic N) is 3. The molecule has 0 spiro atoms. The van der Waals surface area contributed by atoms with E-state index in [-0.39, 0.29) is 5.91 Å². The van der Waals surface area contributed by atoms with E-state index in [4.69, 9.17) is 4.74 Å². The highest BCUT2D eigenvalue weighted by Gasteiger charge is 2.16. The third-order valence-corrected chi connectivity index (χ3v) is 7.22. The van der Waals surface area contributed by atoms with Crippen LogP contribution in [-0.4, -0.2) is 33.5 Å². The number of unbranched alkanes of at least 4 members (excludes halogenated alkanes) is 1. The minimum absolute atomic E-state index is 0.0470. The first-order chi connectivity index (χ1) is 17.6. The quantitative estimate of drug-likeness (QED) is 0.246. The van der Waals surface area contributed by atoms with Crippen LogP contribution in [0.2, 0.25) is 0 Å². The van der Waals surface area contributed by atoms with Crippen molar-refractivity contribution in [1.29, 1.82) is 0 Å². The van der Waals surface area contributed by atoms with Crippen LogP contribution in [0, 0.1) is 5.92 Å². The lowest BCUT2D eigenvalue weighted by Gasteiger charge is -2.15. The van der Waals surface area contributed by atoms with Crippen LogP contribution in [0.15, 0.2) is 83.6 Å². The molecule has 6 nitrogen and oxygen atoms in total. The van der Waals surface area contributed by atoms with Crippen LogP contribution in [0.1, 0.15) is 44.0 Å². The number of benzene rings is 2. The fourth-order valence-corrected chi connectivity index (χ4v) is 5.25. The second-order valence-electron chi connectivity index (χ2n) is 9.05. The minimum atomic E-state index is 0.0470. The Kier molecular flexibility index (Phi) is 9.39. The van der Waals surface area contributed by atoms with Crippen molar-refractivity contribution in [2.24, 2.45) is 5.92 Å². The smallest absolute Gasteiger partial charge is 0.220 e. The number of aromatic nitrogens is 3. The van der Waals surface area contributed by atoms with Crippen molar-refractivity contribution >= 4 is 17.7 Å². The zero-order valence-corrected chi connectivity index (χ0v) is 21.8. The fraction of sp³-hybridized carbons (Fsp3) is 0.345. The number of para-hydroxylation sites is 2. The molecule has 0 fully saturated rings. The minimum Gasteiger partial charge on any atom is -0.496 e. The van der Waals surface area contributed by atoms with Crippen LogP contribution in [0.25, 0.3) is 5.69 Å². The summed E-state index contributed by atoms with van der Waals surface area (Å²) in [6.45, 7) is 2.72. The SMILES string of the molecule is COc1ccccc1CNC(=O)CCCCc1nnc(SCC2=CC=CC(C)C2)n1-c1ccccc1. The van der Waals surface area contributed by atoms with Gasteiger partial charge in [0, 0.05) is 36.4 Å². The summed E-state index contributed by atoms with van der Waals surface area (Å²) in [6, 6.07) is 18.0. The number of hydrogen-bond donors (Lipinski definition) is 1. The number of nitrogens with one attached hydrogen (secondary N) is 1. The number of carbonyl (C=O) groups excluding carboxylic acids is 1. The van der Waals surface area contributed by atoms with Crippen LogP contribution < -0.4 is 10.1 Å². The van der Waals surface area contributed by atoms with Crippen molar-refractivity contribution < 1.29 is 9.53 Å². The van der Waals surface area contributed by atoms with Crippen LogP contribution in [-0.2, 0) is 17.8 Å². The number of ether oxygens (including phenoxy) is 1. The highest BCUT2D eigenvalue weighted by atomic mass is 32.2. The van der Waals surface area contributed by atoms with E-state index in [0.717, 1.165) is 59.4 Å². The number of amides is 1. The molecule has 1 N–H and O–H groups in total. The lowest BCUT2D eigenvalue weighted by Crippen LogP contribution is -2.22. The molecule has 1 aromatic heterocycles. The lowest BCUT2D eigenvalue weighted by atomic mass is 9.97. The van der Waals surface area contributed by atoms with E-state index in [9.17, 15) is 4.79 Å². The van der Waals surface area contributed by atoms with Crippen LogP contribution in [0.5, 0.6) is 5.75 Å². The summed E-state index contributed by atoms with van der Waals surface area (Å²) in [5.74, 6) is 3.26. The summed E-state index contributed by atoms with van der Waals surface area (Å²) < 4.78 is 7.52. The topological polar surface area (TPSA) is 69.0 Å². The van der Waals surface area contributed by atoms with Gasteiger partial charge in [0.1, 0.15) is 11.6 Å². The van der Waals surface area contributed by atoms with E-state index in [2.05, 4.69) is 57.4 Å². The van der Waals surface area contributed by atoms with Crippen LogP contribution >= 0.6 is 11.8 Å². The molecule has 0 radical (unpaired) electrons. The molecular weight excluding hydrogens is 468 g/mol. The van der Waals surface area contributed by atoms with E-state index in [1.807, 2.05) is 42.5 Å². The normalized spacial score (nSPS) is 14.9. The van der Waals surface area contributed by atoms with Gasteiger partial charge in [-0.1, -0.05) is 78.9 Å². The summed E-state index contributed by atoms with van der Waals surface area (Å²) >= 11 is 1.74. The maximum atomic E-state index is 12.4. The van der Waals surface area contributed by atoms with Gasteiger partial charge in [-0.05, 0) is 43.4 Å². The summed E-state index contributed by atoms with van der Waals surface area (Å²) in [5, 5.41) is 13.0. The molecule has 0 saturated heterocycles. The zero-order valence-electron chi connectivity index (χ0n) is 21.0. The third-order valence-electron chi connectivity index (χ3n) is 6.18. The number of carbonyl (C=O) groups is 1. The molecule has 188 valence electrons. The van der Waals surface area contributed by atoms with Gasteiger partial charge < -0.3 is 10.1 Å². The molecule has 1 aliphatic rings. The Morgan fingerprint density at radius 3 is 2.72 bits per heavy atom. The predicted molar refractivity (Wildman–Crippen MR) is 145 cm³/mol. The van der Waals surface area contributed by atoms with Gasteiger partial charge in [-0.3, -0.25) is 9.36 Å². The Labute approximate surface area is 217 Å². The molecule has 0 bridgehead atoms. The Balaban J connectivity index is 1.31. The molecular formula is C29H34N4O2S. The molecule has 1 heterocycles. The van der Waals surface area contributed by atoms with Crippen LogP contribution in [0.3, 0.4) is 0 Å². The highest BCUT2D eigenvalue weighted by Crippen LogP contribution is 2.28. The first-order valence-electron chi connectivity index (χ1n) is 12.5. The second-order valence-corrected chi connectivity index (χ2v) is 9.99. The molecule has 1 atom stereocenters. The zero-order chi connectivity index (χ0) is 25.2. The van der Waals surface area contributed by atoms with Crippen molar-refractivity contribution in [3.8, 4) is 11.4 Å². The molecule has 7 heteroatoms. The average Bonchev–Trinajstić information content (AvgIpc) is 3.32. The highest BCUT2D eigenvalue weighted by molar-refractivity contribution is 7.99. The molecule has 3 aromatic rings. The monoisotopic (exact) mass is 502 g/mol. The average molecular weight is 503 g/mol. The van der Waals surface area contributed by atoms with Gasteiger partial charge in [0.05, 0.1) is 7.11 Å². The van der Waals surface area contributed by atoms with Gasteiger partial charge in [0.15, 0.2) is 5.16 Å². The number of aryl methyl sites for hydroxylation is 1. The lowest BCUT2D eigenvalue weighted by molar-refractivity contribution is -0.121. The van der Waals surface area contributed by atoms with E-state index in [1.54, 1.807) is 18.9 Å². The van der Waals surface area contributed by atoms with E-state index in [0.29, 0.717) is 18.9 Å². The van der Waals surface area contributed by atoms with Crippen molar-refractivity contribution in [2.45, 2.75) is 50.7 Å². The largest absolute Gasteiger partial charge is 0.496 e. The third kappa shape index (κ3) is 7.10. The number of hydrogen-bond acceptors (Lipinski definition) is 5. The number of methoxy groups -OCH3 is 1. The van der Waals surface area contributed by atoms with Crippen molar-refractivity contribution in [3.63, 3.8) is 0 Å². The molecule has 0 aliphatic heterocycles. The molecule has 1 aliphatic carbocycles. The molecule has 1 amide bonds. The second kappa shape index (κ2) is 13.1. The van der Waals surface area contributed by atoms with Gasteiger partial charge in [-0.2, -0.15) is 0 Å². The Morgan fingerprint density at radius 2 is 1.92 bits per heavy atom. The Bertz CT molecular complexity index is 1200. The Hall–Kier alpha value is -3.32. The van der Waals surface area contributed by atoms with E-state index < -0.39 is 0 Å². The molecule has 0 saturated carbocycles. The number of allylic oxidation sites excluding steroid dienone is 3. The van der Waals surface area contributed by atoms with E-state index >= 15 is 0 Å². The molecule has 2 aromatic carbocycles. The van der Waals surface area contributed by atoms with Crippen molar-refractivity contribution in [3.05, 3.63) is 89.8 Å². The predicted octanol–water partition coefficient (Wildman–Crippen LogP) is 5.92. The van der Waals surface area contributed by atoms with Crippen molar-refractivity contribution in [1.82, 2.24) is 20.1 Å². The molecule has 36 heavy (non-hydrogen) atoms. The summed E-state index contributed by atoms with van der Waals surface area (Å²) in [5.41, 5.74) is 3.47. The maximum Gasteiger partial charge on any atom is 0.220 e. The van der Waals surface area contributed by atoms with Gasteiger partial charge in [-0.25, -0.2) is 0 Å². The summed E-state index contributed by atoms with van der Waals surface area (Å²) in [4.78, 5) is 12.4. The van der Waals surface area contributed by atoms with Crippen molar-refractivity contribution in [2.75, 3.05) is 12.9 Å². The first-order valence-corrected chi connectivity index (χ1v) is 13.5. The standard InChI is InChI=1S/C29H34N4O2S/c1-22-11-10-12-23(19-22)21-36-29-32-31-27(33(29)25-14-4-3-5-15-25)17-8-9-18-28(34)30-20-24-13-6-7-16-26(24)35-2/h3-7,10-16,22H,8-9,17-21H2,1-2H3,(H,30,34). The first kappa shape index (κ1) is 25.8. The van der Waals surface area contributed by atoms with Gasteiger partial charge in [0.25, 0.3) is 0 Å². The maximum absolute atomic E-state index is 12.4. The molecule has 1 unspecified atom stereocenters. The van der Waals surface area contributed by atoms with Gasteiger partial charge in [-0.15, -0.1) is 10.2 Å². The molecule has 4 rings (SSSR count).